The van der Waals surface area contributed by atoms with Crippen LogP contribution in [0, 0.1) is 0 Å². The third kappa shape index (κ3) is 3.21. The number of carbonyl (C=O) groups excluding carboxylic acids is 1. The molecule has 5 heteroatoms. The molecule has 2 heterocycles. The van der Waals surface area contributed by atoms with Gasteiger partial charge in [0.25, 0.3) is 0 Å². The Morgan fingerprint density at radius 2 is 1.86 bits per heavy atom. The van der Waals surface area contributed by atoms with E-state index >= 15 is 0 Å². The predicted molar refractivity (Wildman–Crippen MR) is 84.4 cm³/mol. The molecule has 1 aliphatic rings. The van der Waals surface area contributed by atoms with E-state index in [4.69, 9.17) is 11.6 Å². The van der Waals surface area contributed by atoms with Crippen LogP contribution in [-0.2, 0) is 11.3 Å². The number of aryl methyl sites for hydroxylation is 1. The second-order valence-electron chi connectivity index (χ2n) is 5.58. The quantitative estimate of drug-likeness (QED) is 0.870. The normalized spacial score (nSPS) is 16.1. The van der Waals surface area contributed by atoms with Crippen LogP contribution in [0.5, 0.6) is 0 Å². The topological polar surface area (TPSA) is 38.1 Å². The van der Waals surface area contributed by atoms with E-state index in [9.17, 15) is 4.79 Å². The fourth-order valence-corrected chi connectivity index (χ4v) is 3.19. The van der Waals surface area contributed by atoms with Gasteiger partial charge in [-0.3, -0.25) is 9.48 Å². The van der Waals surface area contributed by atoms with Crippen molar-refractivity contribution in [3.8, 4) is 0 Å². The number of aromatic nitrogens is 2. The first-order chi connectivity index (χ1) is 10.3. The molecule has 21 heavy (non-hydrogen) atoms. The number of fused-ring (bicyclic) bond motifs is 1. The maximum atomic E-state index is 12.3. The summed E-state index contributed by atoms with van der Waals surface area (Å²) in [5.41, 5.74) is 0.992. The van der Waals surface area contributed by atoms with Crippen LogP contribution >= 0.6 is 11.6 Å². The maximum Gasteiger partial charge on any atom is 0.224 e. The van der Waals surface area contributed by atoms with Gasteiger partial charge in [0.15, 0.2) is 5.15 Å². The molecular formula is C16H20ClN3O. The second kappa shape index (κ2) is 6.48. The van der Waals surface area contributed by atoms with Crippen LogP contribution in [0.2, 0.25) is 5.15 Å². The van der Waals surface area contributed by atoms with E-state index in [1.807, 2.05) is 33.8 Å². The molecule has 1 amide bonds. The molecule has 4 nitrogen and oxygen atoms in total. The summed E-state index contributed by atoms with van der Waals surface area (Å²) in [4.78, 5) is 14.3. The fraction of sp³-hybridized carbons (Fsp3) is 0.500. The van der Waals surface area contributed by atoms with Gasteiger partial charge in [-0.2, -0.15) is 5.10 Å². The number of carbonyl (C=O) groups is 1. The zero-order valence-electron chi connectivity index (χ0n) is 12.1. The number of halogens is 1. The number of hydrogen-bond acceptors (Lipinski definition) is 2. The molecule has 1 fully saturated rings. The van der Waals surface area contributed by atoms with E-state index < -0.39 is 0 Å². The van der Waals surface area contributed by atoms with Crippen molar-refractivity contribution in [2.24, 2.45) is 0 Å². The number of rotatable bonds is 3. The number of benzene rings is 1. The zero-order chi connectivity index (χ0) is 14.7. The maximum absolute atomic E-state index is 12.3. The molecule has 1 aromatic carbocycles. The average molecular weight is 306 g/mol. The van der Waals surface area contributed by atoms with Gasteiger partial charge >= 0.3 is 0 Å². The molecule has 1 saturated heterocycles. The summed E-state index contributed by atoms with van der Waals surface area (Å²) in [6.45, 7) is 2.39. The fourth-order valence-electron chi connectivity index (χ4n) is 2.94. The molecule has 2 aromatic rings. The second-order valence-corrected chi connectivity index (χ2v) is 5.93. The number of nitrogens with zero attached hydrogens (tertiary/aromatic N) is 3. The highest BCUT2D eigenvalue weighted by Gasteiger charge is 2.16. The first-order valence-electron chi connectivity index (χ1n) is 7.64. The molecule has 0 atom stereocenters. The Kier molecular flexibility index (Phi) is 4.44. The van der Waals surface area contributed by atoms with Crippen LogP contribution in [0.1, 0.15) is 32.1 Å². The molecular weight excluding hydrogens is 286 g/mol. The third-order valence-corrected chi connectivity index (χ3v) is 4.39. The van der Waals surface area contributed by atoms with Crippen molar-refractivity contribution >= 4 is 28.4 Å². The molecule has 0 N–H and O–H groups in total. The smallest absolute Gasteiger partial charge is 0.224 e. The lowest BCUT2D eigenvalue weighted by Crippen LogP contribution is -2.32. The Morgan fingerprint density at radius 3 is 2.62 bits per heavy atom. The van der Waals surface area contributed by atoms with E-state index in [0.717, 1.165) is 36.8 Å². The van der Waals surface area contributed by atoms with E-state index in [2.05, 4.69) is 5.10 Å². The van der Waals surface area contributed by atoms with Crippen molar-refractivity contribution in [1.29, 1.82) is 0 Å². The van der Waals surface area contributed by atoms with Crippen LogP contribution in [0.25, 0.3) is 10.9 Å². The number of para-hydroxylation sites is 1. The number of hydrogen-bond donors (Lipinski definition) is 0. The Hall–Kier alpha value is -1.55. The first kappa shape index (κ1) is 14.4. The van der Waals surface area contributed by atoms with E-state index in [0.29, 0.717) is 18.1 Å². The minimum Gasteiger partial charge on any atom is -0.343 e. The molecule has 0 bridgehead atoms. The lowest BCUT2D eigenvalue weighted by Gasteiger charge is -2.20. The molecule has 0 radical (unpaired) electrons. The Balaban J connectivity index is 1.67. The molecule has 0 saturated carbocycles. The van der Waals surface area contributed by atoms with Gasteiger partial charge in [-0.15, -0.1) is 0 Å². The van der Waals surface area contributed by atoms with Crippen molar-refractivity contribution < 1.29 is 4.79 Å². The van der Waals surface area contributed by atoms with Crippen molar-refractivity contribution in [3.63, 3.8) is 0 Å². The SMILES string of the molecule is O=C(CCn1nc(Cl)c2ccccc21)N1CCCCCC1. The van der Waals surface area contributed by atoms with Crippen molar-refractivity contribution in [1.82, 2.24) is 14.7 Å². The van der Waals surface area contributed by atoms with Crippen molar-refractivity contribution in [2.45, 2.75) is 38.6 Å². The summed E-state index contributed by atoms with van der Waals surface area (Å²) in [6, 6.07) is 7.86. The lowest BCUT2D eigenvalue weighted by molar-refractivity contribution is -0.131. The summed E-state index contributed by atoms with van der Waals surface area (Å²) in [6.07, 6.45) is 5.22. The van der Waals surface area contributed by atoms with Crippen LogP contribution in [0.15, 0.2) is 24.3 Å². The van der Waals surface area contributed by atoms with Crippen molar-refractivity contribution in [3.05, 3.63) is 29.4 Å². The standard InChI is InChI=1S/C16H20ClN3O/c17-16-13-7-3-4-8-14(13)20(18-16)12-9-15(21)19-10-5-1-2-6-11-19/h3-4,7-8H,1-2,5-6,9-12H2. The highest BCUT2D eigenvalue weighted by molar-refractivity contribution is 6.34. The third-order valence-electron chi connectivity index (χ3n) is 4.11. The lowest BCUT2D eigenvalue weighted by atomic mass is 10.2. The van der Waals surface area contributed by atoms with Gasteiger partial charge in [0.2, 0.25) is 5.91 Å². The molecule has 3 rings (SSSR count). The van der Waals surface area contributed by atoms with Gasteiger partial charge in [0.05, 0.1) is 12.1 Å². The van der Waals surface area contributed by atoms with Crippen LogP contribution < -0.4 is 0 Å². The molecule has 1 aliphatic heterocycles. The summed E-state index contributed by atoms with van der Waals surface area (Å²) < 4.78 is 1.84. The van der Waals surface area contributed by atoms with Crippen LogP contribution in [-0.4, -0.2) is 33.7 Å². The van der Waals surface area contributed by atoms with Gasteiger partial charge in [-0.1, -0.05) is 36.6 Å². The Bertz CT molecular complexity index is 629. The van der Waals surface area contributed by atoms with Gasteiger partial charge in [-0.05, 0) is 25.0 Å². The highest BCUT2D eigenvalue weighted by Crippen LogP contribution is 2.22. The highest BCUT2D eigenvalue weighted by atomic mass is 35.5. The summed E-state index contributed by atoms with van der Waals surface area (Å²) in [7, 11) is 0. The van der Waals surface area contributed by atoms with E-state index in [-0.39, 0.29) is 5.91 Å². The molecule has 1 aromatic heterocycles. The van der Waals surface area contributed by atoms with E-state index in [1.165, 1.54) is 12.8 Å². The van der Waals surface area contributed by atoms with Crippen LogP contribution in [0.4, 0.5) is 0 Å². The van der Waals surface area contributed by atoms with Crippen LogP contribution in [0.3, 0.4) is 0 Å². The average Bonchev–Trinajstić information content (AvgIpc) is 2.71. The summed E-state index contributed by atoms with van der Waals surface area (Å²) in [5, 5.41) is 5.79. The summed E-state index contributed by atoms with van der Waals surface area (Å²) in [5.74, 6) is 0.229. The molecule has 0 aliphatic carbocycles. The van der Waals surface area contributed by atoms with Gasteiger partial charge in [0, 0.05) is 24.9 Å². The number of amides is 1. The zero-order valence-corrected chi connectivity index (χ0v) is 12.9. The first-order valence-corrected chi connectivity index (χ1v) is 8.02. The minimum absolute atomic E-state index is 0.229. The van der Waals surface area contributed by atoms with E-state index in [1.54, 1.807) is 0 Å². The van der Waals surface area contributed by atoms with Gasteiger partial charge in [0.1, 0.15) is 0 Å². The summed E-state index contributed by atoms with van der Waals surface area (Å²) >= 11 is 6.14. The number of likely N-dealkylation sites (tertiary alicyclic amines) is 1. The molecule has 112 valence electrons. The predicted octanol–water partition coefficient (Wildman–Crippen LogP) is 3.48. The largest absolute Gasteiger partial charge is 0.343 e. The van der Waals surface area contributed by atoms with Crippen molar-refractivity contribution in [2.75, 3.05) is 13.1 Å². The molecule has 0 unspecified atom stereocenters. The minimum atomic E-state index is 0.229. The molecule has 0 spiro atoms. The van der Waals surface area contributed by atoms with Gasteiger partial charge < -0.3 is 4.90 Å². The Labute approximate surface area is 129 Å². The monoisotopic (exact) mass is 305 g/mol. The van der Waals surface area contributed by atoms with Gasteiger partial charge in [-0.25, -0.2) is 0 Å². The Morgan fingerprint density at radius 1 is 1.14 bits per heavy atom.